The highest BCUT2D eigenvalue weighted by molar-refractivity contribution is 5.81. The quantitative estimate of drug-likeness (QED) is 0.807. The highest BCUT2D eigenvalue weighted by Gasteiger charge is 2.22. The van der Waals surface area contributed by atoms with Gasteiger partial charge in [0.15, 0.2) is 0 Å². The van der Waals surface area contributed by atoms with Crippen molar-refractivity contribution in [1.82, 2.24) is 14.9 Å². The van der Waals surface area contributed by atoms with Crippen molar-refractivity contribution in [3.05, 3.63) is 44.6 Å². The second-order valence-corrected chi connectivity index (χ2v) is 5.19. The SMILES string of the molecule is CC(=O)NCC1Cc2cccc3c(=O)[nH]c(=O)n(c23)C1. The zero-order valence-electron chi connectivity index (χ0n) is 11.1. The molecule has 2 aromatic rings. The molecule has 0 aliphatic carbocycles. The van der Waals surface area contributed by atoms with Crippen LogP contribution in [0.25, 0.3) is 10.9 Å². The lowest BCUT2D eigenvalue weighted by Crippen LogP contribution is -2.39. The predicted molar refractivity (Wildman–Crippen MR) is 74.7 cm³/mol. The number of nitrogens with zero attached hydrogens (tertiary/aromatic N) is 1. The number of carbonyl (C=O) groups is 1. The van der Waals surface area contributed by atoms with Crippen LogP contribution in [0.5, 0.6) is 0 Å². The molecule has 2 N–H and O–H groups in total. The number of hydrogen-bond acceptors (Lipinski definition) is 3. The van der Waals surface area contributed by atoms with Crippen molar-refractivity contribution in [3.8, 4) is 0 Å². The third-order valence-electron chi connectivity index (χ3n) is 3.69. The summed E-state index contributed by atoms with van der Waals surface area (Å²) in [6, 6.07) is 5.47. The Morgan fingerprint density at radius 3 is 3.00 bits per heavy atom. The second-order valence-electron chi connectivity index (χ2n) is 5.19. The van der Waals surface area contributed by atoms with E-state index in [-0.39, 0.29) is 23.1 Å². The van der Waals surface area contributed by atoms with Crippen molar-refractivity contribution in [2.45, 2.75) is 19.9 Å². The predicted octanol–water partition coefficient (Wildman–Crippen LogP) is -0.00180. The summed E-state index contributed by atoms with van der Waals surface area (Å²) in [5, 5.41) is 3.32. The minimum absolute atomic E-state index is 0.0807. The van der Waals surface area contributed by atoms with Crippen LogP contribution in [0.1, 0.15) is 12.5 Å². The molecule has 0 saturated heterocycles. The number of benzene rings is 1. The average molecular weight is 273 g/mol. The molecule has 0 bridgehead atoms. The third-order valence-corrected chi connectivity index (χ3v) is 3.69. The summed E-state index contributed by atoms with van der Waals surface area (Å²) in [7, 11) is 0. The number of nitrogens with one attached hydrogen (secondary N) is 2. The van der Waals surface area contributed by atoms with Crippen LogP contribution in [-0.2, 0) is 17.8 Å². The molecule has 1 atom stereocenters. The normalized spacial score (nSPS) is 17.1. The van der Waals surface area contributed by atoms with Gasteiger partial charge < -0.3 is 5.32 Å². The zero-order chi connectivity index (χ0) is 14.3. The van der Waals surface area contributed by atoms with Crippen LogP contribution in [0.15, 0.2) is 27.8 Å². The number of rotatable bonds is 2. The molecule has 0 radical (unpaired) electrons. The largest absolute Gasteiger partial charge is 0.356 e. The molecule has 1 aliphatic heterocycles. The van der Waals surface area contributed by atoms with E-state index < -0.39 is 0 Å². The Bertz CT molecular complexity index is 803. The van der Waals surface area contributed by atoms with Crippen LogP contribution in [0.4, 0.5) is 0 Å². The summed E-state index contributed by atoms with van der Waals surface area (Å²) in [6.07, 6.45) is 0.751. The maximum atomic E-state index is 12.0. The molecule has 1 aromatic heterocycles. The Balaban J connectivity index is 2.09. The minimum Gasteiger partial charge on any atom is -0.356 e. The van der Waals surface area contributed by atoms with Crippen LogP contribution in [-0.4, -0.2) is 22.0 Å². The molecular weight excluding hydrogens is 258 g/mol. The van der Waals surface area contributed by atoms with Crippen LogP contribution in [0.2, 0.25) is 0 Å². The zero-order valence-corrected chi connectivity index (χ0v) is 11.1. The molecule has 1 amide bonds. The first-order valence-corrected chi connectivity index (χ1v) is 6.55. The van der Waals surface area contributed by atoms with Gasteiger partial charge in [-0.15, -0.1) is 0 Å². The first-order chi connectivity index (χ1) is 9.56. The maximum Gasteiger partial charge on any atom is 0.328 e. The molecule has 104 valence electrons. The van der Waals surface area contributed by atoms with Crippen LogP contribution in [0.3, 0.4) is 0 Å². The fourth-order valence-corrected chi connectivity index (χ4v) is 2.82. The minimum atomic E-state index is -0.387. The lowest BCUT2D eigenvalue weighted by Gasteiger charge is -2.26. The number of hydrogen-bond donors (Lipinski definition) is 2. The average Bonchev–Trinajstić information content (AvgIpc) is 2.42. The molecule has 1 unspecified atom stereocenters. The highest BCUT2D eigenvalue weighted by atomic mass is 16.2. The Morgan fingerprint density at radius 1 is 1.45 bits per heavy atom. The van der Waals surface area contributed by atoms with Gasteiger partial charge in [0.1, 0.15) is 0 Å². The Labute approximate surface area is 114 Å². The molecule has 0 saturated carbocycles. The lowest BCUT2D eigenvalue weighted by atomic mass is 9.93. The fourth-order valence-electron chi connectivity index (χ4n) is 2.82. The van der Waals surface area contributed by atoms with Crippen molar-refractivity contribution < 1.29 is 4.79 Å². The summed E-state index contributed by atoms with van der Waals surface area (Å²) < 4.78 is 1.60. The van der Waals surface area contributed by atoms with Crippen molar-refractivity contribution in [2.75, 3.05) is 6.54 Å². The summed E-state index contributed by atoms with van der Waals surface area (Å²) in [6.45, 7) is 2.50. The van der Waals surface area contributed by atoms with Gasteiger partial charge in [-0.3, -0.25) is 19.1 Å². The van der Waals surface area contributed by atoms with E-state index in [4.69, 9.17) is 0 Å². The number of para-hydroxylation sites is 1. The molecule has 3 rings (SSSR count). The number of aromatic nitrogens is 2. The van der Waals surface area contributed by atoms with Crippen molar-refractivity contribution >= 4 is 16.8 Å². The topological polar surface area (TPSA) is 84.0 Å². The molecule has 1 aliphatic rings. The van der Waals surface area contributed by atoms with E-state index in [0.717, 1.165) is 17.5 Å². The van der Waals surface area contributed by atoms with Crippen molar-refractivity contribution in [1.29, 1.82) is 0 Å². The number of carbonyl (C=O) groups excluding carboxylic acids is 1. The van der Waals surface area contributed by atoms with Gasteiger partial charge in [-0.05, 0) is 24.0 Å². The van der Waals surface area contributed by atoms with Crippen LogP contribution in [0, 0.1) is 5.92 Å². The molecule has 0 fully saturated rings. The summed E-state index contributed by atoms with van der Waals surface area (Å²) in [4.78, 5) is 37.1. The molecule has 0 spiro atoms. The fraction of sp³-hybridized carbons (Fsp3) is 0.357. The Hall–Kier alpha value is -2.37. The van der Waals surface area contributed by atoms with E-state index in [9.17, 15) is 14.4 Å². The van der Waals surface area contributed by atoms with Crippen LogP contribution < -0.4 is 16.6 Å². The number of amides is 1. The van der Waals surface area contributed by atoms with E-state index in [1.54, 1.807) is 10.6 Å². The summed E-state index contributed by atoms with van der Waals surface area (Å²) in [5.41, 5.74) is 0.971. The van der Waals surface area contributed by atoms with Gasteiger partial charge in [0.25, 0.3) is 5.56 Å². The first kappa shape index (κ1) is 12.7. The van der Waals surface area contributed by atoms with E-state index >= 15 is 0 Å². The number of aromatic amines is 1. The molecular formula is C14H15N3O3. The van der Waals surface area contributed by atoms with Gasteiger partial charge in [-0.25, -0.2) is 4.79 Å². The summed E-state index contributed by atoms with van der Waals surface area (Å²) in [5.74, 6) is 0.0726. The van der Waals surface area contributed by atoms with Gasteiger partial charge in [0.05, 0.1) is 10.9 Å². The van der Waals surface area contributed by atoms with Gasteiger partial charge in [-0.2, -0.15) is 0 Å². The molecule has 1 aromatic carbocycles. The second kappa shape index (κ2) is 4.63. The monoisotopic (exact) mass is 273 g/mol. The molecule has 6 heteroatoms. The third kappa shape index (κ3) is 2.03. The molecule has 6 nitrogen and oxygen atoms in total. The van der Waals surface area contributed by atoms with Crippen molar-refractivity contribution in [2.24, 2.45) is 5.92 Å². The van der Waals surface area contributed by atoms with E-state index in [0.29, 0.717) is 18.5 Å². The standard InChI is InChI=1S/C14H15N3O3/c1-8(18)15-6-9-5-10-3-2-4-11-12(10)17(7-9)14(20)16-13(11)19/h2-4,9H,5-7H2,1H3,(H,15,18)(H,16,19,20). The Morgan fingerprint density at radius 2 is 2.25 bits per heavy atom. The van der Waals surface area contributed by atoms with E-state index in [2.05, 4.69) is 10.3 Å². The van der Waals surface area contributed by atoms with Crippen LogP contribution >= 0.6 is 0 Å². The smallest absolute Gasteiger partial charge is 0.328 e. The van der Waals surface area contributed by atoms with Crippen molar-refractivity contribution in [3.63, 3.8) is 0 Å². The van der Waals surface area contributed by atoms with Gasteiger partial charge in [-0.1, -0.05) is 12.1 Å². The maximum absolute atomic E-state index is 12.0. The van der Waals surface area contributed by atoms with Gasteiger partial charge >= 0.3 is 5.69 Å². The van der Waals surface area contributed by atoms with E-state index in [1.165, 1.54) is 6.92 Å². The van der Waals surface area contributed by atoms with Gasteiger partial charge in [0, 0.05) is 20.0 Å². The highest BCUT2D eigenvalue weighted by Crippen LogP contribution is 2.23. The Kier molecular flexibility index (Phi) is 2.93. The summed E-state index contributed by atoms with van der Waals surface area (Å²) >= 11 is 0. The lowest BCUT2D eigenvalue weighted by molar-refractivity contribution is -0.119. The number of H-pyrrole nitrogens is 1. The molecule has 2 heterocycles. The molecule has 20 heavy (non-hydrogen) atoms. The first-order valence-electron chi connectivity index (χ1n) is 6.55. The van der Waals surface area contributed by atoms with E-state index in [1.807, 2.05) is 12.1 Å². The van der Waals surface area contributed by atoms with Gasteiger partial charge in [0.2, 0.25) is 5.91 Å².